The van der Waals surface area contributed by atoms with Crippen molar-refractivity contribution in [2.75, 3.05) is 20.1 Å². The van der Waals surface area contributed by atoms with Gasteiger partial charge < -0.3 is 10.2 Å². The highest BCUT2D eigenvalue weighted by Crippen LogP contribution is 2.16. The first kappa shape index (κ1) is 13.0. The zero-order valence-electron chi connectivity index (χ0n) is 10.8. The molecule has 1 aromatic rings. The SMILES string of the molecule is CC1CN(C)CCC1NC(=O)c1ccc(F)cc1. The van der Waals surface area contributed by atoms with Crippen molar-refractivity contribution >= 4 is 5.91 Å². The van der Waals surface area contributed by atoms with Gasteiger partial charge >= 0.3 is 0 Å². The number of likely N-dealkylation sites (tertiary alicyclic amines) is 1. The predicted molar refractivity (Wildman–Crippen MR) is 68.9 cm³/mol. The average molecular weight is 250 g/mol. The average Bonchev–Trinajstić information content (AvgIpc) is 2.33. The number of piperidine rings is 1. The number of nitrogens with one attached hydrogen (secondary N) is 1. The number of benzene rings is 1. The van der Waals surface area contributed by atoms with Crippen LogP contribution in [0.5, 0.6) is 0 Å². The maximum Gasteiger partial charge on any atom is 0.251 e. The van der Waals surface area contributed by atoms with E-state index in [1.807, 2.05) is 0 Å². The monoisotopic (exact) mass is 250 g/mol. The number of nitrogens with zero attached hydrogens (tertiary/aromatic N) is 1. The van der Waals surface area contributed by atoms with Crippen molar-refractivity contribution in [2.45, 2.75) is 19.4 Å². The number of carbonyl (C=O) groups is 1. The molecule has 18 heavy (non-hydrogen) atoms. The lowest BCUT2D eigenvalue weighted by molar-refractivity contribution is 0.0884. The normalized spacial score (nSPS) is 24.8. The van der Waals surface area contributed by atoms with Gasteiger partial charge in [-0.3, -0.25) is 4.79 Å². The Bertz CT molecular complexity index is 418. The lowest BCUT2D eigenvalue weighted by atomic mass is 9.94. The van der Waals surface area contributed by atoms with Crippen molar-refractivity contribution in [2.24, 2.45) is 5.92 Å². The zero-order valence-corrected chi connectivity index (χ0v) is 10.8. The molecule has 1 amide bonds. The molecule has 1 aromatic carbocycles. The predicted octanol–water partition coefficient (Wildman–Crippen LogP) is 1.90. The molecule has 1 N–H and O–H groups in total. The Balaban J connectivity index is 1.97. The highest BCUT2D eigenvalue weighted by Gasteiger charge is 2.25. The van der Waals surface area contributed by atoms with Crippen LogP contribution < -0.4 is 5.32 Å². The summed E-state index contributed by atoms with van der Waals surface area (Å²) in [6.45, 7) is 4.14. The van der Waals surface area contributed by atoms with Crippen LogP contribution in [0.1, 0.15) is 23.7 Å². The fourth-order valence-electron chi connectivity index (χ4n) is 2.42. The second-order valence-corrected chi connectivity index (χ2v) is 5.12. The number of hydrogen-bond donors (Lipinski definition) is 1. The van der Waals surface area contributed by atoms with E-state index >= 15 is 0 Å². The van der Waals surface area contributed by atoms with Crippen LogP contribution in [-0.2, 0) is 0 Å². The summed E-state index contributed by atoms with van der Waals surface area (Å²) in [5, 5.41) is 3.04. The van der Waals surface area contributed by atoms with Gasteiger partial charge in [-0.1, -0.05) is 6.92 Å². The Hall–Kier alpha value is -1.42. The topological polar surface area (TPSA) is 32.3 Å². The van der Waals surface area contributed by atoms with Crippen molar-refractivity contribution in [1.82, 2.24) is 10.2 Å². The molecular weight excluding hydrogens is 231 g/mol. The fraction of sp³-hybridized carbons (Fsp3) is 0.500. The summed E-state index contributed by atoms with van der Waals surface area (Å²) in [6, 6.07) is 5.87. The first-order chi connectivity index (χ1) is 8.56. The molecule has 0 radical (unpaired) electrons. The molecule has 3 nitrogen and oxygen atoms in total. The molecule has 0 spiro atoms. The third-order valence-electron chi connectivity index (χ3n) is 3.53. The molecule has 1 fully saturated rings. The maximum absolute atomic E-state index is 12.8. The molecule has 1 aliphatic heterocycles. The van der Waals surface area contributed by atoms with Gasteiger partial charge in [0.05, 0.1) is 0 Å². The van der Waals surface area contributed by atoms with E-state index in [0.717, 1.165) is 19.5 Å². The highest BCUT2D eigenvalue weighted by molar-refractivity contribution is 5.94. The number of hydrogen-bond acceptors (Lipinski definition) is 2. The summed E-state index contributed by atoms with van der Waals surface area (Å²) < 4.78 is 12.8. The zero-order chi connectivity index (χ0) is 13.1. The molecule has 4 heteroatoms. The molecule has 2 unspecified atom stereocenters. The standard InChI is InChI=1S/C14H19FN2O/c1-10-9-17(2)8-7-13(10)16-14(18)11-3-5-12(15)6-4-11/h3-6,10,13H,7-9H2,1-2H3,(H,16,18). The summed E-state index contributed by atoms with van der Waals surface area (Å²) in [4.78, 5) is 14.3. The first-order valence-electron chi connectivity index (χ1n) is 6.31. The lowest BCUT2D eigenvalue weighted by Gasteiger charge is -2.35. The molecule has 1 saturated heterocycles. The first-order valence-corrected chi connectivity index (χ1v) is 6.31. The summed E-state index contributed by atoms with van der Waals surface area (Å²) >= 11 is 0. The van der Waals surface area contributed by atoms with E-state index in [0.29, 0.717) is 11.5 Å². The molecule has 2 rings (SSSR count). The number of carbonyl (C=O) groups excluding carboxylic acids is 1. The van der Waals surface area contributed by atoms with Crippen LogP contribution in [0.4, 0.5) is 4.39 Å². The minimum Gasteiger partial charge on any atom is -0.349 e. The van der Waals surface area contributed by atoms with Gasteiger partial charge in [0, 0.05) is 18.2 Å². The van der Waals surface area contributed by atoms with E-state index in [4.69, 9.17) is 0 Å². The largest absolute Gasteiger partial charge is 0.349 e. The van der Waals surface area contributed by atoms with Crippen LogP contribution in [0, 0.1) is 11.7 Å². The van der Waals surface area contributed by atoms with Crippen LogP contribution in [0.3, 0.4) is 0 Å². The van der Waals surface area contributed by atoms with Crippen LogP contribution in [0.25, 0.3) is 0 Å². The van der Waals surface area contributed by atoms with Gasteiger partial charge in [0.1, 0.15) is 5.82 Å². The van der Waals surface area contributed by atoms with Crippen molar-refractivity contribution in [1.29, 1.82) is 0 Å². The van der Waals surface area contributed by atoms with Crippen molar-refractivity contribution in [3.05, 3.63) is 35.6 Å². The van der Waals surface area contributed by atoms with E-state index in [9.17, 15) is 9.18 Å². The van der Waals surface area contributed by atoms with Gasteiger partial charge in [-0.2, -0.15) is 0 Å². The second kappa shape index (κ2) is 5.48. The molecule has 98 valence electrons. The van der Waals surface area contributed by atoms with Crippen LogP contribution >= 0.6 is 0 Å². The van der Waals surface area contributed by atoms with Crippen LogP contribution in [0.15, 0.2) is 24.3 Å². The van der Waals surface area contributed by atoms with Crippen molar-refractivity contribution < 1.29 is 9.18 Å². The summed E-state index contributed by atoms with van der Waals surface area (Å²) in [5.41, 5.74) is 0.516. The highest BCUT2D eigenvalue weighted by atomic mass is 19.1. The summed E-state index contributed by atoms with van der Waals surface area (Å²) in [6.07, 6.45) is 0.963. The number of halogens is 1. The Morgan fingerprint density at radius 2 is 2.06 bits per heavy atom. The Labute approximate surface area is 107 Å². The van der Waals surface area contributed by atoms with Gasteiger partial charge in [-0.05, 0) is 50.2 Å². The van der Waals surface area contributed by atoms with E-state index in [2.05, 4.69) is 24.2 Å². The summed E-state index contributed by atoms with van der Waals surface area (Å²) in [5.74, 6) is 0.00348. The molecule has 0 saturated carbocycles. The molecule has 0 aromatic heterocycles. The minimum atomic E-state index is -0.320. The maximum atomic E-state index is 12.8. The van der Waals surface area contributed by atoms with E-state index in [1.165, 1.54) is 24.3 Å². The van der Waals surface area contributed by atoms with E-state index in [-0.39, 0.29) is 17.8 Å². The van der Waals surface area contributed by atoms with Gasteiger partial charge in [0.15, 0.2) is 0 Å². The quantitative estimate of drug-likeness (QED) is 0.869. The fourth-order valence-corrected chi connectivity index (χ4v) is 2.42. The van der Waals surface area contributed by atoms with Gasteiger partial charge in [0.25, 0.3) is 5.91 Å². The molecule has 0 bridgehead atoms. The van der Waals surface area contributed by atoms with Gasteiger partial charge in [-0.15, -0.1) is 0 Å². The van der Waals surface area contributed by atoms with Crippen molar-refractivity contribution in [3.8, 4) is 0 Å². The summed E-state index contributed by atoms with van der Waals surface area (Å²) in [7, 11) is 2.09. The molecule has 1 heterocycles. The second-order valence-electron chi connectivity index (χ2n) is 5.12. The third kappa shape index (κ3) is 3.07. The Morgan fingerprint density at radius 1 is 1.39 bits per heavy atom. The molecule has 1 aliphatic rings. The Morgan fingerprint density at radius 3 is 2.67 bits per heavy atom. The number of amides is 1. The van der Waals surface area contributed by atoms with E-state index < -0.39 is 0 Å². The number of rotatable bonds is 2. The van der Waals surface area contributed by atoms with Gasteiger partial charge in [-0.25, -0.2) is 4.39 Å². The van der Waals surface area contributed by atoms with Crippen LogP contribution in [0.2, 0.25) is 0 Å². The minimum absolute atomic E-state index is 0.114. The van der Waals surface area contributed by atoms with Crippen LogP contribution in [-0.4, -0.2) is 37.0 Å². The lowest BCUT2D eigenvalue weighted by Crippen LogP contribution is -2.48. The smallest absolute Gasteiger partial charge is 0.251 e. The van der Waals surface area contributed by atoms with E-state index in [1.54, 1.807) is 0 Å². The molecular formula is C14H19FN2O. The Kier molecular flexibility index (Phi) is 3.97. The molecule has 0 aliphatic carbocycles. The molecule has 2 atom stereocenters. The van der Waals surface area contributed by atoms with Gasteiger partial charge in [0.2, 0.25) is 0 Å². The van der Waals surface area contributed by atoms with Crippen molar-refractivity contribution in [3.63, 3.8) is 0 Å². The third-order valence-corrected chi connectivity index (χ3v) is 3.53.